The monoisotopic (exact) mass is 205 g/mol. The van der Waals surface area contributed by atoms with Crippen LogP contribution in [-0.2, 0) is 0 Å². The van der Waals surface area contributed by atoms with Crippen LogP contribution in [0.3, 0.4) is 0 Å². The number of methoxy groups -OCH3 is 1. The maximum atomic E-state index is 11.0. The molecule has 2 aromatic rings. The summed E-state index contributed by atoms with van der Waals surface area (Å²) in [6.07, 6.45) is 0. The lowest BCUT2D eigenvalue weighted by molar-refractivity contribution is 0.0975. The van der Waals surface area contributed by atoms with Gasteiger partial charge in [-0.25, -0.2) is 0 Å². The quantitative estimate of drug-likeness (QED) is 0.813. The Kier molecular flexibility index (Phi) is 2.11. The Bertz CT molecular complexity index is 528. The molecule has 4 heteroatoms. The molecule has 1 aromatic heterocycles. The number of aryl methyl sites for hydroxylation is 1. The molecule has 0 aliphatic carbocycles. The Morgan fingerprint density at radius 3 is 2.80 bits per heavy atom. The number of furan rings is 1. The zero-order valence-corrected chi connectivity index (χ0v) is 8.53. The topological polar surface area (TPSA) is 65.5 Å². The first kappa shape index (κ1) is 9.58. The summed E-state index contributed by atoms with van der Waals surface area (Å²) in [6.45, 7) is 1.80. The van der Waals surface area contributed by atoms with Gasteiger partial charge in [-0.05, 0) is 25.1 Å². The molecule has 1 aromatic carbocycles. The van der Waals surface area contributed by atoms with Crippen LogP contribution in [0.15, 0.2) is 22.6 Å². The molecular formula is C11H11NO3. The van der Waals surface area contributed by atoms with Gasteiger partial charge < -0.3 is 14.9 Å². The average molecular weight is 205 g/mol. The summed E-state index contributed by atoms with van der Waals surface area (Å²) in [5.74, 6) is 0.378. The lowest BCUT2D eigenvalue weighted by Crippen LogP contribution is -2.10. The number of carbonyl (C=O) groups is 1. The van der Waals surface area contributed by atoms with Crippen LogP contribution in [0.4, 0.5) is 0 Å². The number of primary amides is 1. The highest BCUT2D eigenvalue weighted by Gasteiger charge is 2.14. The second-order valence-corrected chi connectivity index (χ2v) is 3.28. The van der Waals surface area contributed by atoms with E-state index < -0.39 is 5.91 Å². The standard InChI is InChI=1S/C11H11NO3/c1-6-8-5-7(14-2)3-4-9(8)15-10(6)11(12)13/h3-5H,1-2H3,(H2,12,13). The van der Waals surface area contributed by atoms with E-state index in [0.29, 0.717) is 5.58 Å². The molecule has 0 aliphatic rings. The lowest BCUT2D eigenvalue weighted by Gasteiger charge is -1.97. The number of ether oxygens (including phenoxy) is 1. The largest absolute Gasteiger partial charge is 0.497 e. The van der Waals surface area contributed by atoms with Crippen molar-refractivity contribution in [2.45, 2.75) is 6.92 Å². The van der Waals surface area contributed by atoms with Gasteiger partial charge in [0.05, 0.1) is 7.11 Å². The number of benzene rings is 1. The van der Waals surface area contributed by atoms with Crippen LogP contribution in [0, 0.1) is 6.92 Å². The third-order valence-corrected chi connectivity index (χ3v) is 2.37. The summed E-state index contributed by atoms with van der Waals surface area (Å²) >= 11 is 0. The predicted octanol–water partition coefficient (Wildman–Crippen LogP) is 1.85. The van der Waals surface area contributed by atoms with Crippen LogP contribution in [0.5, 0.6) is 5.75 Å². The van der Waals surface area contributed by atoms with Crippen molar-refractivity contribution in [2.75, 3.05) is 7.11 Å². The van der Waals surface area contributed by atoms with Gasteiger partial charge in [0.2, 0.25) is 0 Å². The van der Waals surface area contributed by atoms with Crippen LogP contribution in [0.2, 0.25) is 0 Å². The molecule has 1 amide bonds. The van der Waals surface area contributed by atoms with E-state index in [4.69, 9.17) is 14.9 Å². The van der Waals surface area contributed by atoms with E-state index in [-0.39, 0.29) is 5.76 Å². The Morgan fingerprint density at radius 1 is 1.47 bits per heavy atom. The fourth-order valence-corrected chi connectivity index (χ4v) is 1.56. The fraction of sp³-hybridized carbons (Fsp3) is 0.182. The molecule has 0 saturated carbocycles. The molecule has 15 heavy (non-hydrogen) atoms. The van der Waals surface area contributed by atoms with Gasteiger partial charge in [0.1, 0.15) is 11.3 Å². The molecule has 0 fully saturated rings. The average Bonchev–Trinajstić information content (AvgIpc) is 2.56. The Morgan fingerprint density at radius 2 is 2.20 bits per heavy atom. The zero-order valence-electron chi connectivity index (χ0n) is 8.53. The van der Waals surface area contributed by atoms with Crippen LogP contribution in [0.1, 0.15) is 16.1 Å². The van der Waals surface area contributed by atoms with Gasteiger partial charge in [-0.2, -0.15) is 0 Å². The summed E-state index contributed by atoms with van der Waals surface area (Å²) in [7, 11) is 1.59. The van der Waals surface area contributed by atoms with E-state index in [2.05, 4.69) is 0 Å². The van der Waals surface area contributed by atoms with Gasteiger partial charge in [0, 0.05) is 10.9 Å². The minimum atomic E-state index is -0.553. The highest BCUT2D eigenvalue weighted by molar-refractivity contribution is 5.98. The zero-order chi connectivity index (χ0) is 11.0. The summed E-state index contributed by atoms with van der Waals surface area (Å²) in [5, 5.41) is 0.850. The molecule has 4 nitrogen and oxygen atoms in total. The van der Waals surface area contributed by atoms with Gasteiger partial charge in [0.25, 0.3) is 5.91 Å². The summed E-state index contributed by atoms with van der Waals surface area (Å²) in [5.41, 5.74) is 6.57. The van der Waals surface area contributed by atoms with Crippen molar-refractivity contribution in [2.24, 2.45) is 5.73 Å². The molecule has 0 unspecified atom stereocenters. The smallest absolute Gasteiger partial charge is 0.284 e. The summed E-state index contributed by atoms with van der Waals surface area (Å²) in [4.78, 5) is 11.0. The minimum Gasteiger partial charge on any atom is -0.497 e. The molecule has 1 heterocycles. The molecular weight excluding hydrogens is 194 g/mol. The van der Waals surface area contributed by atoms with Crippen molar-refractivity contribution in [1.29, 1.82) is 0 Å². The Balaban J connectivity index is 2.72. The van der Waals surface area contributed by atoms with Gasteiger partial charge in [0.15, 0.2) is 5.76 Å². The molecule has 0 aliphatic heterocycles. The predicted molar refractivity (Wildman–Crippen MR) is 56.0 cm³/mol. The molecule has 0 spiro atoms. The first-order valence-corrected chi connectivity index (χ1v) is 4.50. The van der Waals surface area contributed by atoms with E-state index in [0.717, 1.165) is 16.7 Å². The molecule has 0 saturated heterocycles. The van der Waals surface area contributed by atoms with Crippen molar-refractivity contribution < 1.29 is 13.9 Å². The lowest BCUT2D eigenvalue weighted by atomic mass is 10.1. The second kappa shape index (κ2) is 3.31. The number of hydrogen-bond acceptors (Lipinski definition) is 3. The van der Waals surface area contributed by atoms with Crippen molar-refractivity contribution in [3.05, 3.63) is 29.5 Å². The normalized spacial score (nSPS) is 10.5. The molecule has 0 radical (unpaired) electrons. The van der Waals surface area contributed by atoms with Crippen molar-refractivity contribution in [3.63, 3.8) is 0 Å². The number of nitrogens with two attached hydrogens (primary N) is 1. The number of carbonyl (C=O) groups excluding carboxylic acids is 1. The van der Waals surface area contributed by atoms with E-state index >= 15 is 0 Å². The van der Waals surface area contributed by atoms with Crippen molar-refractivity contribution in [3.8, 4) is 5.75 Å². The number of amides is 1. The van der Waals surface area contributed by atoms with Crippen LogP contribution in [-0.4, -0.2) is 13.0 Å². The molecule has 2 rings (SSSR count). The molecule has 78 valence electrons. The van der Waals surface area contributed by atoms with Gasteiger partial charge >= 0.3 is 0 Å². The summed E-state index contributed by atoms with van der Waals surface area (Å²) in [6, 6.07) is 5.35. The van der Waals surface area contributed by atoms with Crippen molar-refractivity contribution >= 4 is 16.9 Å². The minimum absolute atomic E-state index is 0.207. The van der Waals surface area contributed by atoms with E-state index in [9.17, 15) is 4.79 Å². The third-order valence-electron chi connectivity index (χ3n) is 2.37. The highest BCUT2D eigenvalue weighted by atomic mass is 16.5. The Hall–Kier alpha value is -1.97. The van der Waals surface area contributed by atoms with Gasteiger partial charge in [-0.15, -0.1) is 0 Å². The number of fused-ring (bicyclic) bond motifs is 1. The molecule has 0 atom stereocenters. The van der Waals surface area contributed by atoms with E-state index in [1.807, 2.05) is 6.07 Å². The summed E-state index contributed by atoms with van der Waals surface area (Å²) < 4.78 is 10.4. The van der Waals surface area contributed by atoms with E-state index in [1.54, 1.807) is 26.2 Å². The Labute approximate surface area is 86.6 Å². The van der Waals surface area contributed by atoms with Crippen molar-refractivity contribution in [1.82, 2.24) is 0 Å². The number of rotatable bonds is 2. The fourth-order valence-electron chi connectivity index (χ4n) is 1.56. The van der Waals surface area contributed by atoms with Gasteiger partial charge in [-0.1, -0.05) is 0 Å². The highest BCUT2D eigenvalue weighted by Crippen LogP contribution is 2.28. The SMILES string of the molecule is COc1ccc2oc(C(N)=O)c(C)c2c1. The number of hydrogen-bond donors (Lipinski definition) is 1. The van der Waals surface area contributed by atoms with Crippen LogP contribution in [0.25, 0.3) is 11.0 Å². The first-order valence-electron chi connectivity index (χ1n) is 4.50. The maximum absolute atomic E-state index is 11.0. The van der Waals surface area contributed by atoms with E-state index in [1.165, 1.54) is 0 Å². The van der Waals surface area contributed by atoms with Crippen LogP contribution >= 0.6 is 0 Å². The molecule has 0 bridgehead atoms. The first-order chi connectivity index (χ1) is 7.13. The van der Waals surface area contributed by atoms with Crippen LogP contribution < -0.4 is 10.5 Å². The third kappa shape index (κ3) is 1.44. The second-order valence-electron chi connectivity index (χ2n) is 3.28. The maximum Gasteiger partial charge on any atom is 0.284 e. The molecule has 2 N–H and O–H groups in total. The van der Waals surface area contributed by atoms with Gasteiger partial charge in [-0.3, -0.25) is 4.79 Å².